The van der Waals surface area contributed by atoms with Crippen LogP contribution in [-0.2, 0) is 4.57 Å². The van der Waals surface area contributed by atoms with Crippen LogP contribution >= 0.6 is 7.82 Å². The molecule has 0 unspecified atom stereocenters. The van der Waals surface area contributed by atoms with E-state index in [1.165, 1.54) is 5.65 Å². The predicted molar refractivity (Wildman–Crippen MR) is 55.1 cm³/mol. The van der Waals surface area contributed by atoms with Gasteiger partial charge in [-0.2, -0.15) is 0 Å². The number of hydrazine groups is 1. The lowest BCUT2D eigenvalue weighted by Gasteiger charge is -2.03. The maximum Gasteiger partial charge on any atom is 0.466 e. The number of nitrogens with one attached hydrogen (secondary N) is 2. The van der Waals surface area contributed by atoms with E-state index in [4.69, 9.17) is 24.0 Å². The number of methoxy groups -OCH3 is 1. The third-order valence-electron chi connectivity index (χ3n) is 1.26. The fourth-order valence-corrected chi connectivity index (χ4v) is 0.755. The first-order chi connectivity index (χ1) is 7.36. The molecule has 0 saturated carbocycles. The van der Waals surface area contributed by atoms with Crippen LogP contribution in [0.4, 0.5) is 10.2 Å². The smallest absolute Gasteiger partial charge is 0.466 e. The summed E-state index contributed by atoms with van der Waals surface area (Å²) in [6, 6.07) is 6.93. The highest BCUT2D eigenvalue weighted by atomic mass is 31.2. The van der Waals surface area contributed by atoms with Crippen LogP contribution in [-0.4, -0.2) is 21.8 Å². The van der Waals surface area contributed by atoms with Gasteiger partial charge < -0.3 is 19.4 Å². The highest BCUT2D eigenvalue weighted by Gasteiger charge is 2.00. The van der Waals surface area contributed by atoms with Crippen LogP contribution in [0.25, 0.3) is 0 Å². The van der Waals surface area contributed by atoms with E-state index in [0.29, 0.717) is 11.4 Å². The number of rotatable bonds is 3. The van der Waals surface area contributed by atoms with E-state index in [1.807, 2.05) is 0 Å². The Bertz CT molecular complexity index is 350. The van der Waals surface area contributed by atoms with Crippen LogP contribution in [0.1, 0.15) is 0 Å². The fourth-order valence-electron chi connectivity index (χ4n) is 0.755. The minimum atomic E-state index is -4.64. The van der Waals surface area contributed by atoms with Crippen LogP contribution < -0.4 is 15.8 Å². The van der Waals surface area contributed by atoms with E-state index in [0.717, 1.165) is 0 Å². The lowest BCUT2D eigenvalue weighted by atomic mass is 10.3. The maximum absolute atomic E-state index is 11.5. The molecule has 1 rings (SSSR count). The summed E-state index contributed by atoms with van der Waals surface area (Å²) in [4.78, 5) is 21.6. The van der Waals surface area contributed by atoms with Crippen molar-refractivity contribution in [1.29, 1.82) is 0 Å². The van der Waals surface area contributed by atoms with Gasteiger partial charge in [0.1, 0.15) is 5.75 Å². The third kappa shape index (κ3) is 9.38. The summed E-state index contributed by atoms with van der Waals surface area (Å²) in [6.07, 6.45) is 0. The van der Waals surface area contributed by atoms with Crippen molar-refractivity contribution < 1.29 is 28.5 Å². The molecule has 0 fully saturated rings. The minimum Gasteiger partial charge on any atom is -0.497 e. The molecule has 0 heterocycles. The van der Waals surface area contributed by atoms with Crippen molar-refractivity contribution in [2.24, 2.45) is 0 Å². The normalized spacial score (nSPS) is 10.1. The first-order valence-corrected chi connectivity index (χ1v) is 5.47. The molecule has 0 amide bonds. The third-order valence-corrected chi connectivity index (χ3v) is 1.26. The Hall–Kier alpha value is -1.18. The molecule has 9 heteroatoms. The standard InChI is InChI=1S/C7H9FN2O.H3O4P/c1-11-7-4-2-3-6(5-7)9-10-8;1-5(2,3)4/h2-5,9-10H,1H3;(H3,1,2,3,4). The zero-order chi connectivity index (χ0) is 12.6. The van der Waals surface area contributed by atoms with Gasteiger partial charge in [-0.05, 0) is 12.1 Å². The number of ether oxygens (including phenoxy) is 1. The lowest BCUT2D eigenvalue weighted by Crippen LogP contribution is -2.09. The van der Waals surface area contributed by atoms with Crippen LogP contribution in [0.2, 0.25) is 0 Å². The van der Waals surface area contributed by atoms with E-state index < -0.39 is 7.82 Å². The molecule has 0 saturated heterocycles. The number of halogens is 1. The molecule has 0 aliphatic carbocycles. The van der Waals surface area contributed by atoms with E-state index >= 15 is 0 Å². The average Bonchev–Trinajstić information content (AvgIpc) is 2.16. The Morgan fingerprint density at radius 1 is 1.38 bits per heavy atom. The second-order valence-corrected chi connectivity index (χ2v) is 3.49. The van der Waals surface area contributed by atoms with Gasteiger partial charge in [-0.1, -0.05) is 11.7 Å². The van der Waals surface area contributed by atoms with Crippen LogP contribution in [0, 0.1) is 0 Å². The predicted octanol–water partition coefficient (Wildman–Crippen LogP) is 0.568. The molecule has 16 heavy (non-hydrogen) atoms. The van der Waals surface area contributed by atoms with E-state index in [2.05, 4.69) is 5.43 Å². The van der Waals surface area contributed by atoms with E-state index in [9.17, 15) is 4.48 Å². The van der Waals surface area contributed by atoms with E-state index in [-0.39, 0.29) is 0 Å². The van der Waals surface area contributed by atoms with Crippen molar-refractivity contribution in [2.75, 3.05) is 12.5 Å². The summed E-state index contributed by atoms with van der Waals surface area (Å²) >= 11 is 0. The largest absolute Gasteiger partial charge is 0.497 e. The van der Waals surface area contributed by atoms with Gasteiger partial charge in [0.15, 0.2) is 0 Å². The molecule has 1 aromatic carbocycles. The van der Waals surface area contributed by atoms with Gasteiger partial charge >= 0.3 is 7.82 Å². The average molecular weight is 254 g/mol. The van der Waals surface area contributed by atoms with Crippen LogP contribution in [0.5, 0.6) is 5.75 Å². The summed E-state index contributed by atoms with van der Waals surface area (Å²) in [5, 5.41) is 0. The summed E-state index contributed by atoms with van der Waals surface area (Å²) in [5.74, 6) is 0.685. The molecular weight excluding hydrogens is 242 g/mol. The van der Waals surface area contributed by atoms with Crippen molar-refractivity contribution in [3.8, 4) is 5.75 Å². The number of hydrogen-bond acceptors (Lipinski definition) is 4. The molecule has 0 spiro atoms. The summed E-state index contributed by atoms with van der Waals surface area (Å²) in [5.41, 5.74) is 4.23. The van der Waals surface area contributed by atoms with Gasteiger partial charge in [0.2, 0.25) is 0 Å². The van der Waals surface area contributed by atoms with Crippen molar-refractivity contribution in [3.63, 3.8) is 0 Å². The SMILES string of the molecule is COc1cccc(NNF)c1.O=P(O)(O)O. The van der Waals surface area contributed by atoms with Gasteiger partial charge in [0, 0.05) is 6.07 Å². The highest BCUT2D eigenvalue weighted by Crippen LogP contribution is 2.25. The van der Waals surface area contributed by atoms with Crippen molar-refractivity contribution in [2.45, 2.75) is 0 Å². The molecule has 0 aliphatic heterocycles. The quantitative estimate of drug-likeness (QED) is 0.304. The van der Waals surface area contributed by atoms with Gasteiger partial charge in [0.05, 0.1) is 12.8 Å². The fraction of sp³-hybridized carbons (Fsp3) is 0.143. The summed E-state index contributed by atoms with van der Waals surface area (Å²) in [6.45, 7) is 0. The second kappa shape index (κ2) is 7.15. The van der Waals surface area contributed by atoms with Gasteiger partial charge in [0.25, 0.3) is 0 Å². The van der Waals surface area contributed by atoms with E-state index in [1.54, 1.807) is 31.4 Å². The maximum atomic E-state index is 11.5. The molecule has 0 aromatic heterocycles. The number of hydrogen-bond donors (Lipinski definition) is 5. The summed E-state index contributed by atoms with van der Waals surface area (Å²) in [7, 11) is -3.08. The Balaban J connectivity index is 0.000000385. The number of anilines is 1. The number of phosphoric acid groups is 1. The Morgan fingerprint density at radius 2 is 1.94 bits per heavy atom. The van der Waals surface area contributed by atoms with Crippen molar-refractivity contribution in [1.82, 2.24) is 5.65 Å². The topological polar surface area (TPSA) is 111 Å². The zero-order valence-electron chi connectivity index (χ0n) is 8.29. The van der Waals surface area contributed by atoms with Gasteiger partial charge in [-0.25, -0.2) is 4.57 Å². The van der Waals surface area contributed by atoms with Crippen LogP contribution in [0.15, 0.2) is 24.3 Å². The Labute approximate surface area is 91.0 Å². The molecule has 5 N–H and O–H groups in total. The number of benzene rings is 1. The second-order valence-electron chi connectivity index (χ2n) is 2.46. The molecule has 0 atom stereocenters. The molecule has 1 aromatic rings. The van der Waals surface area contributed by atoms with Crippen molar-refractivity contribution in [3.05, 3.63) is 24.3 Å². The van der Waals surface area contributed by atoms with Crippen molar-refractivity contribution >= 4 is 13.5 Å². The molecule has 92 valence electrons. The van der Waals surface area contributed by atoms with Gasteiger partial charge in [-0.3, -0.25) is 5.43 Å². The molecule has 0 aliphatic rings. The lowest BCUT2D eigenvalue weighted by molar-refractivity contribution is 0.275. The molecule has 0 radical (unpaired) electrons. The molecular formula is C7H12FN2O5P. The first-order valence-electron chi connectivity index (χ1n) is 3.91. The summed E-state index contributed by atoms with van der Waals surface area (Å²) < 4.78 is 25.3. The highest BCUT2D eigenvalue weighted by molar-refractivity contribution is 7.45. The van der Waals surface area contributed by atoms with Gasteiger partial charge in [-0.15, -0.1) is 4.48 Å². The van der Waals surface area contributed by atoms with Crippen LogP contribution in [0.3, 0.4) is 0 Å². The first kappa shape index (κ1) is 14.8. The Kier molecular flexibility index (Phi) is 6.63. The zero-order valence-corrected chi connectivity index (χ0v) is 9.19. The molecule has 7 nitrogen and oxygen atoms in total. The minimum absolute atomic E-state index is 0.617. The Morgan fingerprint density at radius 3 is 2.38 bits per heavy atom. The monoisotopic (exact) mass is 254 g/mol. The molecule has 0 bridgehead atoms.